The Bertz CT molecular complexity index is 613. The molecule has 2 aliphatic heterocycles. The second-order valence-corrected chi connectivity index (χ2v) is 8.61. The van der Waals surface area contributed by atoms with Crippen molar-refractivity contribution >= 4 is 11.8 Å². The smallest absolute Gasteiger partial charge is 0.410 e. The molecule has 3 rings (SSSR count). The molecule has 0 bridgehead atoms. The fourth-order valence-corrected chi connectivity index (χ4v) is 4.18. The Kier molecular flexibility index (Phi) is 5.73. The molecule has 5 heteroatoms. The Morgan fingerprint density at radius 1 is 1.04 bits per heavy atom. The molecule has 2 aliphatic rings. The lowest BCUT2D eigenvalue weighted by Gasteiger charge is -2.41. The summed E-state index contributed by atoms with van der Waals surface area (Å²) in [6.07, 6.45) is 4.23. The summed E-state index contributed by atoms with van der Waals surface area (Å²) in [6, 6.07) is 6.89. The fraction of sp³-hybridized carbons (Fsp3) is 0.667. The van der Waals surface area contributed by atoms with Gasteiger partial charge in [-0.3, -0.25) is 0 Å². The van der Waals surface area contributed by atoms with Crippen LogP contribution in [0.5, 0.6) is 0 Å². The lowest BCUT2D eigenvalue weighted by atomic mass is 9.79. The molecule has 26 heavy (non-hydrogen) atoms. The van der Waals surface area contributed by atoms with Crippen molar-refractivity contribution in [1.82, 2.24) is 4.90 Å². The molecular formula is C21H31FN2O2. The average Bonchev–Trinajstić information content (AvgIpc) is 2.61. The van der Waals surface area contributed by atoms with Crippen LogP contribution in [0.15, 0.2) is 24.3 Å². The lowest BCUT2D eigenvalue weighted by Crippen LogP contribution is -2.44. The van der Waals surface area contributed by atoms with Crippen molar-refractivity contribution in [2.45, 2.75) is 52.1 Å². The zero-order chi connectivity index (χ0) is 18.7. The van der Waals surface area contributed by atoms with Gasteiger partial charge >= 0.3 is 6.09 Å². The molecule has 1 aromatic rings. The number of ether oxygens (including phenoxy) is 1. The van der Waals surface area contributed by atoms with Gasteiger partial charge in [0.1, 0.15) is 11.4 Å². The maximum absolute atomic E-state index is 13.4. The van der Waals surface area contributed by atoms with E-state index in [1.807, 2.05) is 31.7 Å². The number of carbonyl (C=O) groups excluding carboxylic acids is 1. The third-order valence-electron chi connectivity index (χ3n) is 5.57. The standard InChI is InChI=1S/C21H31FN2O2/c1-21(2,3)26-20(25)24-13-9-17(10-14-24)16-7-11-23(12-8-16)19-6-4-5-18(22)15-19/h4-6,15-17H,7-14H2,1-3H3. The van der Waals surface area contributed by atoms with Crippen LogP contribution < -0.4 is 4.90 Å². The number of halogens is 1. The van der Waals surface area contributed by atoms with Crippen molar-refractivity contribution in [3.05, 3.63) is 30.1 Å². The predicted molar refractivity (Wildman–Crippen MR) is 102 cm³/mol. The Labute approximate surface area is 156 Å². The van der Waals surface area contributed by atoms with E-state index in [-0.39, 0.29) is 11.9 Å². The minimum Gasteiger partial charge on any atom is -0.444 e. The van der Waals surface area contributed by atoms with E-state index in [4.69, 9.17) is 4.74 Å². The number of carbonyl (C=O) groups is 1. The molecule has 0 aromatic heterocycles. The molecule has 0 unspecified atom stereocenters. The second kappa shape index (κ2) is 7.85. The highest BCUT2D eigenvalue weighted by Gasteiger charge is 2.32. The molecule has 1 amide bonds. The first kappa shape index (κ1) is 19.0. The number of likely N-dealkylation sites (tertiary alicyclic amines) is 1. The van der Waals surface area contributed by atoms with Gasteiger partial charge in [0.2, 0.25) is 0 Å². The summed E-state index contributed by atoms with van der Waals surface area (Å²) in [5.41, 5.74) is 0.556. The maximum Gasteiger partial charge on any atom is 0.410 e. The van der Waals surface area contributed by atoms with E-state index in [2.05, 4.69) is 4.90 Å². The molecule has 0 radical (unpaired) electrons. The molecule has 2 fully saturated rings. The molecule has 2 saturated heterocycles. The molecule has 1 aromatic carbocycles. The van der Waals surface area contributed by atoms with Gasteiger partial charge in [0, 0.05) is 31.9 Å². The van der Waals surface area contributed by atoms with Crippen LogP contribution in [0.2, 0.25) is 0 Å². The van der Waals surface area contributed by atoms with Crippen LogP contribution in [-0.2, 0) is 4.74 Å². The van der Waals surface area contributed by atoms with Gasteiger partial charge in [-0.2, -0.15) is 0 Å². The number of hydrogen-bond donors (Lipinski definition) is 0. The van der Waals surface area contributed by atoms with Crippen LogP contribution in [0.3, 0.4) is 0 Å². The van der Waals surface area contributed by atoms with Gasteiger partial charge in [0.15, 0.2) is 0 Å². The summed E-state index contributed by atoms with van der Waals surface area (Å²) in [5, 5.41) is 0. The van der Waals surface area contributed by atoms with Gasteiger partial charge in [0.05, 0.1) is 0 Å². The highest BCUT2D eigenvalue weighted by atomic mass is 19.1. The minimum absolute atomic E-state index is 0.167. The predicted octanol–water partition coefficient (Wildman–Crippen LogP) is 4.69. The molecule has 0 aliphatic carbocycles. The number of benzene rings is 1. The zero-order valence-electron chi connectivity index (χ0n) is 16.2. The maximum atomic E-state index is 13.4. The summed E-state index contributed by atoms with van der Waals surface area (Å²) < 4.78 is 18.9. The van der Waals surface area contributed by atoms with Crippen molar-refractivity contribution in [1.29, 1.82) is 0 Å². The van der Waals surface area contributed by atoms with Crippen molar-refractivity contribution in [3.8, 4) is 0 Å². The summed E-state index contributed by atoms with van der Waals surface area (Å²) in [5.74, 6) is 1.23. The van der Waals surface area contributed by atoms with E-state index >= 15 is 0 Å². The number of nitrogens with zero attached hydrogens (tertiary/aromatic N) is 2. The summed E-state index contributed by atoms with van der Waals surface area (Å²) in [7, 11) is 0. The topological polar surface area (TPSA) is 32.8 Å². The van der Waals surface area contributed by atoms with Gasteiger partial charge in [-0.1, -0.05) is 6.07 Å². The summed E-state index contributed by atoms with van der Waals surface area (Å²) in [4.78, 5) is 16.3. The molecule has 0 saturated carbocycles. The van der Waals surface area contributed by atoms with E-state index in [1.54, 1.807) is 12.1 Å². The van der Waals surface area contributed by atoms with Crippen LogP contribution in [-0.4, -0.2) is 42.8 Å². The second-order valence-electron chi connectivity index (χ2n) is 8.61. The van der Waals surface area contributed by atoms with E-state index in [1.165, 1.54) is 6.07 Å². The molecule has 0 atom stereocenters. The molecule has 144 valence electrons. The minimum atomic E-state index is -0.433. The van der Waals surface area contributed by atoms with E-state index in [9.17, 15) is 9.18 Å². The normalized spacial score (nSPS) is 20.3. The first-order valence-corrected chi connectivity index (χ1v) is 9.80. The van der Waals surface area contributed by atoms with Crippen molar-refractivity contribution < 1.29 is 13.9 Å². The van der Waals surface area contributed by atoms with Crippen LogP contribution in [0.4, 0.5) is 14.9 Å². The first-order valence-electron chi connectivity index (χ1n) is 9.80. The fourth-order valence-electron chi connectivity index (χ4n) is 4.18. The third kappa shape index (κ3) is 4.89. The van der Waals surface area contributed by atoms with Gasteiger partial charge in [-0.15, -0.1) is 0 Å². The Hall–Kier alpha value is -1.78. The van der Waals surface area contributed by atoms with Crippen LogP contribution in [0.1, 0.15) is 46.5 Å². The van der Waals surface area contributed by atoms with Crippen molar-refractivity contribution in [2.75, 3.05) is 31.1 Å². The number of piperidine rings is 2. The van der Waals surface area contributed by atoms with Crippen molar-refractivity contribution in [3.63, 3.8) is 0 Å². The highest BCUT2D eigenvalue weighted by molar-refractivity contribution is 5.68. The third-order valence-corrected chi connectivity index (χ3v) is 5.57. The van der Waals surface area contributed by atoms with Gasteiger partial charge in [0.25, 0.3) is 0 Å². The van der Waals surface area contributed by atoms with Crippen molar-refractivity contribution in [2.24, 2.45) is 11.8 Å². The number of rotatable bonds is 2. The zero-order valence-corrected chi connectivity index (χ0v) is 16.2. The van der Waals surface area contributed by atoms with E-state index in [0.717, 1.165) is 57.5 Å². The molecule has 2 heterocycles. The number of hydrogen-bond acceptors (Lipinski definition) is 3. The first-order chi connectivity index (χ1) is 12.3. The highest BCUT2D eigenvalue weighted by Crippen LogP contribution is 2.34. The largest absolute Gasteiger partial charge is 0.444 e. The Morgan fingerprint density at radius 3 is 2.15 bits per heavy atom. The van der Waals surface area contributed by atoms with E-state index < -0.39 is 5.60 Å². The quantitative estimate of drug-likeness (QED) is 0.765. The Morgan fingerprint density at radius 2 is 1.62 bits per heavy atom. The van der Waals surface area contributed by atoms with Crippen LogP contribution >= 0.6 is 0 Å². The SMILES string of the molecule is CC(C)(C)OC(=O)N1CCC(C2CCN(c3cccc(F)c3)CC2)CC1. The number of anilines is 1. The lowest BCUT2D eigenvalue weighted by molar-refractivity contribution is 0.0152. The van der Waals surface area contributed by atoms with E-state index in [0.29, 0.717) is 11.8 Å². The average molecular weight is 362 g/mol. The molecular weight excluding hydrogens is 331 g/mol. The molecule has 4 nitrogen and oxygen atoms in total. The van der Waals surface area contributed by atoms with Gasteiger partial charge < -0.3 is 14.5 Å². The van der Waals surface area contributed by atoms with Gasteiger partial charge in [-0.25, -0.2) is 9.18 Å². The monoisotopic (exact) mass is 362 g/mol. The number of amides is 1. The van der Waals surface area contributed by atoms with Gasteiger partial charge in [-0.05, 0) is 76.5 Å². The van der Waals surface area contributed by atoms with Crippen LogP contribution in [0.25, 0.3) is 0 Å². The molecule has 0 N–H and O–H groups in total. The van der Waals surface area contributed by atoms with Crippen LogP contribution in [0, 0.1) is 17.7 Å². The summed E-state index contributed by atoms with van der Waals surface area (Å²) in [6.45, 7) is 9.28. The molecule has 0 spiro atoms. The Balaban J connectivity index is 1.46. The summed E-state index contributed by atoms with van der Waals surface area (Å²) >= 11 is 0.